The van der Waals surface area contributed by atoms with Gasteiger partial charge in [0, 0.05) is 5.38 Å². The second-order valence-electron chi connectivity index (χ2n) is 3.77. The molecule has 0 bridgehead atoms. The third-order valence-corrected chi connectivity index (χ3v) is 4.53. The van der Waals surface area contributed by atoms with Crippen LogP contribution in [0.3, 0.4) is 0 Å². The van der Waals surface area contributed by atoms with Gasteiger partial charge in [-0.1, -0.05) is 19.5 Å². The Balaban J connectivity index is 2.06. The quantitative estimate of drug-likeness (QED) is 0.369. The van der Waals surface area contributed by atoms with E-state index in [4.69, 9.17) is 22.7 Å². The lowest BCUT2D eigenvalue weighted by atomic mass is 10.3. The topological polar surface area (TPSA) is 0 Å². The van der Waals surface area contributed by atoms with Crippen LogP contribution in [0, 0.1) is 5.92 Å². The van der Waals surface area contributed by atoms with Crippen molar-refractivity contribution in [2.45, 2.75) is 37.4 Å². The summed E-state index contributed by atoms with van der Waals surface area (Å²) in [6.45, 7) is 4.39. The lowest BCUT2D eigenvalue weighted by Crippen LogP contribution is -2.15. The van der Waals surface area contributed by atoms with Crippen molar-refractivity contribution in [2.75, 3.05) is 0 Å². The van der Waals surface area contributed by atoms with Gasteiger partial charge in [0.15, 0.2) is 7.38 Å². The van der Waals surface area contributed by atoms with Crippen molar-refractivity contribution in [1.29, 1.82) is 0 Å². The highest BCUT2D eigenvalue weighted by atomic mass is 35.6. The van der Waals surface area contributed by atoms with Gasteiger partial charge in [0.25, 0.3) is 0 Å². The Morgan fingerprint density at radius 2 is 2.00 bits per heavy atom. The molecule has 1 aliphatic carbocycles. The van der Waals surface area contributed by atoms with Crippen molar-refractivity contribution >= 4 is 30.1 Å². The lowest BCUT2D eigenvalue weighted by molar-refractivity contribution is 0.791. The predicted molar refractivity (Wildman–Crippen MR) is 50.5 cm³/mol. The van der Waals surface area contributed by atoms with E-state index in [1.807, 2.05) is 0 Å². The SMILES string of the molecule is C[Si](C)(Cl)CC[C@@H]1C[C@@H]1Cl. The molecule has 2 atom stereocenters. The third-order valence-electron chi connectivity index (χ3n) is 1.95. The normalized spacial score (nSPS) is 32.4. The molecular weight excluding hydrogens is 183 g/mol. The molecule has 1 aliphatic rings. The minimum Gasteiger partial charge on any atom is -0.168 e. The highest BCUT2D eigenvalue weighted by molar-refractivity contribution is 7.19. The molecule has 0 spiro atoms. The van der Waals surface area contributed by atoms with E-state index < -0.39 is 7.38 Å². The molecule has 10 heavy (non-hydrogen) atoms. The summed E-state index contributed by atoms with van der Waals surface area (Å²) in [4.78, 5) is 0. The maximum atomic E-state index is 6.15. The molecule has 0 amide bonds. The van der Waals surface area contributed by atoms with Gasteiger partial charge in [-0.05, 0) is 18.4 Å². The fraction of sp³-hybridized carbons (Fsp3) is 1.00. The molecule has 0 radical (unpaired) electrons. The Labute approximate surface area is 73.6 Å². The maximum Gasteiger partial charge on any atom is 0.150 e. The van der Waals surface area contributed by atoms with E-state index in [0.717, 1.165) is 5.92 Å². The molecule has 1 saturated carbocycles. The van der Waals surface area contributed by atoms with Crippen LogP contribution in [0.1, 0.15) is 12.8 Å². The van der Waals surface area contributed by atoms with Crippen LogP contribution in [0.2, 0.25) is 19.1 Å². The molecule has 0 heterocycles. The molecule has 60 valence electrons. The molecule has 0 nitrogen and oxygen atoms in total. The van der Waals surface area contributed by atoms with E-state index in [0.29, 0.717) is 5.38 Å². The first-order valence-corrected chi connectivity index (χ1v) is 8.47. The van der Waals surface area contributed by atoms with Gasteiger partial charge in [-0.25, -0.2) is 0 Å². The first-order chi connectivity index (χ1) is 4.49. The fourth-order valence-electron chi connectivity index (χ4n) is 1.04. The molecule has 1 fully saturated rings. The Morgan fingerprint density at radius 3 is 2.30 bits per heavy atom. The number of rotatable bonds is 3. The first kappa shape index (κ1) is 8.89. The van der Waals surface area contributed by atoms with E-state index in [9.17, 15) is 0 Å². The lowest BCUT2D eigenvalue weighted by Gasteiger charge is -2.10. The van der Waals surface area contributed by atoms with Crippen molar-refractivity contribution in [3.63, 3.8) is 0 Å². The minimum atomic E-state index is -1.30. The molecule has 0 aromatic heterocycles. The summed E-state index contributed by atoms with van der Waals surface area (Å²) in [5.41, 5.74) is 0. The van der Waals surface area contributed by atoms with Crippen LogP contribution in [-0.2, 0) is 0 Å². The third kappa shape index (κ3) is 3.27. The van der Waals surface area contributed by atoms with Crippen LogP contribution in [-0.4, -0.2) is 12.8 Å². The van der Waals surface area contributed by atoms with Crippen molar-refractivity contribution in [3.05, 3.63) is 0 Å². The van der Waals surface area contributed by atoms with Crippen molar-refractivity contribution in [2.24, 2.45) is 5.92 Å². The molecule has 0 saturated heterocycles. The molecule has 0 N–H and O–H groups in total. The number of hydrogen-bond donors (Lipinski definition) is 0. The minimum absolute atomic E-state index is 0.480. The average Bonchev–Trinajstić information content (AvgIpc) is 2.40. The van der Waals surface area contributed by atoms with Gasteiger partial charge < -0.3 is 0 Å². The maximum absolute atomic E-state index is 6.15. The zero-order chi connectivity index (χ0) is 7.78. The van der Waals surface area contributed by atoms with E-state index in [2.05, 4.69) is 13.1 Å². The van der Waals surface area contributed by atoms with Gasteiger partial charge >= 0.3 is 0 Å². The Kier molecular flexibility index (Phi) is 2.70. The number of halogens is 2. The summed E-state index contributed by atoms with van der Waals surface area (Å²) in [5.74, 6) is 0.798. The zero-order valence-corrected chi connectivity index (χ0v) is 9.04. The van der Waals surface area contributed by atoms with Gasteiger partial charge in [0.2, 0.25) is 0 Å². The molecule has 0 aromatic rings. The second kappa shape index (κ2) is 3.04. The summed E-state index contributed by atoms with van der Waals surface area (Å²) in [5, 5.41) is 0.480. The second-order valence-corrected chi connectivity index (χ2v) is 11.3. The van der Waals surface area contributed by atoms with Crippen LogP contribution in [0.25, 0.3) is 0 Å². The number of alkyl halides is 1. The van der Waals surface area contributed by atoms with Gasteiger partial charge in [-0.3, -0.25) is 0 Å². The Morgan fingerprint density at radius 1 is 1.50 bits per heavy atom. The average molecular weight is 197 g/mol. The molecular formula is C7H14Cl2Si. The smallest absolute Gasteiger partial charge is 0.150 e. The van der Waals surface area contributed by atoms with Crippen molar-refractivity contribution < 1.29 is 0 Å². The van der Waals surface area contributed by atoms with Crippen LogP contribution < -0.4 is 0 Å². The number of hydrogen-bond acceptors (Lipinski definition) is 0. The van der Waals surface area contributed by atoms with Crippen LogP contribution in [0.5, 0.6) is 0 Å². The zero-order valence-electron chi connectivity index (χ0n) is 6.53. The Bertz CT molecular complexity index is 119. The summed E-state index contributed by atoms with van der Waals surface area (Å²) in [6.07, 6.45) is 2.49. The van der Waals surface area contributed by atoms with Crippen LogP contribution >= 0.6 is 22.7 Å². The van der Waals surface area contributed by atoms with Crippen molar-refractivity contribution in [3.8, 4) is 0 Å². The van der Waals surface area contributed by atoms with E-state index in [-0.39, 0.29) is 0 Å². The molecule has 0 aliphatic heterocycles. The molecule has 1 rings (SSSR count). The van der Waals surface area contributed by atoms with Crippen LogP contribution in [0.4, 0.5) is 0 Å². The highest BCUT2D eigenvalue weighted by Crippen LogP contribution is 2.41. The Hall–Kier alpha value is 0.797. The standard InChI is InChI=1S/C7H14Cl2Si/c1-10(2,9)4-3-6-5-7(6)8/h6-7H,3-5H2,1-2H3/t6-,7+/m1/s1. The van der Waals surface area contributed by atoms with Crippen molar-refractivity contribution in [1.82, 2.24) is 0 Å². The summed E-state index contributed by atoms with van der Waals surface area (Å²) in [6, 6.07) is 1.22. The monoisotopic (exact) mass is 196 g/mol. The largest absolute Gasteiger partial charge is 0.168 e. The van der Waals surface area contributed by atoms with E-state index in [1.54, 1.807) is 0 Å². The van der Waals surface area contributed by atoms with Gasteiger partial charge in [0.1, 0.15) is 0 Å². The van der Waals surface area contributed by atoms with Gasteiger partial charge in [0.05, 0.1) is 0 Å². The van der Waals surface area contributed by atoms with Gasteiger partial charge in [-0.15, -0.1) is 11.6 Å². The highest BCUT2D eigenvalue weighted by Gasteiger charge is 2.35. The summed E-state index contributed by atoms with van der Waals surface area (Å²) >= 11 is 12.0. The summed E-state index contributed by atoms with van der Waals surface area (Å²) < 4.78 is 0. The first-order valence-electron chi connectivity index (χ1n) is 3.82. The van der Waals surface area contributed by atoms with E-state index in [1.165, 1.54) is 18.9 Å². The van der Waals surface area contributed by atoms with Gasteiger partial charge in [-0.2, -0.15) is 11.1 Å². The van der Waals surface area contributed by atoms with Crippen LogP contribution in [0.15, 0.2) is 0 Å². The molecule has 3 heteroatoms. The fourth-order valence-corrected chi connectivity index (χ4v) is 2.78. The predicted octanol–water partition coefficient (Wildman–Crippen LogP) is 3.45. The molecule has 0 unspecified atom stereocenters. The van der Waals surface area contributed by atoms with E-state index >= 15 is 0 Å². The molecule has 0 aromatic carbocycles. The summed E-state index contributed by atoms with van der Waals surface area (Å²) in [7, 11) is -1.30.